The number of methoxy groups -OCH3 is 1. The predicted molar refractivity (Wildman–Crippen MR) is 91.2 cm³/mol. The summed E-state index contributed by atoms with van der Waals surface area (Å²) in [5, 5.41) is 0.820. The van der Waals surface area contributed by atoms with Gasteiger partial charge in [0, 0.05) is 41.0 Å². The van der Waals surface area contributed by atoms with Crippen molar-refractivity contribution in [1.82, 2.24) is 4.90 Å². The molecule has 0 unspecified atom stereocenters. The highest BCUT2D eigenvalue weighted by Crippen LogP contribution is 2.42. The number of aryl methyl sites for hydroxylation is 1. The summed E-state index contributed by atoms with van der Waals surface area (Å²) < 4.78 is 5.71. The molecule has 1 aliphatic rings. The minimum atomic E-state index is 0.217. The van der Waals surface area contributed by atoms with Crippen LogP contribution in [0.5, 0.6) is 5.75 Å². The van der Waals surface area contributed by atoms with Gasteiger partial charge in [-0.25, -0.2) is 0 Å². The molecule has 0 N–H and O–H groups in total. The second-order valence-corrected chi connectivity index (χ2v) is 7.59. The number of hydrogen-bond acceptors (Lipinski definition) is 2. The minimum absolute atomic E-state index is 0.217. The van der Waals surface area contributed by atoms with Crippen molar-refractivity contribution in [1.29, 1.82) is 0 Å². The van der Waals surface area contributed by atoms with Gasteiger partial charge in [0.05, 0.1) is 7.11 Å². The zero-order valence-electron chi connectivity index (χ0n) is 13.6. The molecule has 1 saturated heterocycles. The Hall–Kier alpha value is -0.440. The zero-order valence-corrected chi connectivity index (χ0v) is 15.1. The first-order chi connectivity index (χ1) is 9.79. The molecule has 0 aliphatic carbocycles. The van der Waals surface area contributed by atoms with Gasteiger partial charge in [0.1, 0.15) is 5.75 Å². The summed E-state index contributed by atoms with van der Waals surface area (Å²) in [6.07, 6.45) is 0.785. The van der Waals surface area contributed by atoms with Crippen LogP contribution in [-0.2, 0) is 6.42 Å². The number of likely N-dealkylation sites (tertiary alicyclic amines) is 1. The summed E-state index contributed by atoms with van der Waals surface area (Å²) in [5.41, 5.74) is 3.75. The summed E-state index contributed by atoms with van der Waals surface area (Å²) in [7, 11) is 1.74. The highest BCUT2D eigenvalue weighted by Gasteiger charge is 2.37. The van der Waals surface area contributed by atoms with E-state index in [-0.39, 0.29) is 5.54 Å². The van der Waals surface area contributed by atoms with Crippen molar-refractivity contribution in [2.75, 3.05) is 26.1 Å². The lowest BCUT2D eigenvalue weighted by atomic mass is 9.83. The van der Waals surface area contributed by atoms with Crippen LogP contribution < -0.4 is 4.74 Å². The Morgan fingerprint density at radius 3 is 2.43 bits per heavy atom. The second kappa shape index (κ2) is 6.36. The largest absolute Gasteiger partial charge is 0.496 e. The Labute approximate surface area is 138 Å². The molecule has 0 atom stereocenters. The van der Waals surface area contributed by atoms with E-state index in [1.807, 2.05) is 6.07 Å². The van der Waals surface area contributed by atoms with Crippen molar-refractivity contribution < 1.29 is 4.74 Å². The molecule has 2 nitrogen and oxygen atoms in total. The first kappa shape index (κ1) is 16.9. The minimum Gasteiger partial charge on any atom is -0.496 e. The summed E-state index contributed by atoms with van der Waals surface area (Å²) >= 11 is 12.3. The number of nitrogens with zero attached hydrogens (tertiary/aromatic N) is 1. The van der Waals surface area contributed by atoms with Crippen LogP contribution in [0.3, 0.4) is 0 Å². The molecular weight excluding hydrogens is 305 g/mol. The molecule has 0 bridgehead atoms. The lowest BCUT2D eigenvalue weighted by molar-refractivity contribution is 0.0459. The molecule has 4 heteroatoms. The molecule has 0 spiro atoms. The number of benzene rings is 1. The van der Waals surface area contributed by atoms with Crippen LogP contribution in [0, 0.1) is 6.92 Å². The summed E-state index contributed by atoms with van der Waals surface area (Å²) in [5.74, 6) is 2.05. The third-order valence-corrected chi connectivity index (χ3v) is 4.99. The number of hydrogen-bond donors (Lipinski definition) is 0. The average Bonchev–Trinajstić information content (AvgIpc) is 2.32. The van der Waals surface area contributed by atoms with Crippen LogP contribution in [0.15, 0.2) is 6.07 Å². The predicted octanol–water partition coefficient (Wildman–Crippen LogP) is 4.64. The normalized spacial score (nSPS) is 16.9. The molecular formula is C17H25Cl2NO. The van der Waals surface area contributed by atoms with Crippen molar-refractivity contribution in [2.24, 2.45) is 0 Å². The van der Waals surface area contributed by atoms with Crippen molar-refractivity contribution in [3.8, 4) is 5.75 Å². The fourth-order valence-electron chi connectivity index (χ4n) is 3.03. The van der Waals surface area contributed by atoms with Gasteiger partial charge in [-0.3, -0.25) is 4.90 Å². The molecule has 1 aliphatic heterocycles. The van der Waals surface area contributed by atoms with Gasteiger partial charge >= 0.3 is 0 Å². The van der Waals surface area contributed by atoms with Gasteiger partial charge in [0.15, 0.2) is 0 Å². The van der Waals surface area contributed by atoms with Gasteiger partial charge in [0.25, 0.3) is 0 Å². The Balaban J connectivity index is 2.35. The van der Waals surface area contributed by atoms with E-state index in [0.29, 0.717) is 11.8 Å². The molecule has 21 heavy (non-hydrogen) atoms. The first-order valence-corrected chi connectivity index (χ1v) is 8.37. The molecule has 1 fully saturated rings. The third kappa shape index (κ3) is 3.33. The second-order valence-electron chi connectivity index (χ2n) is 6.80. The lowest BCUT2D eigenvalue weighted by Crippen LogP contribution is -2.54. The van der Waals surface area contributed by atoms with E-state index < -0.39 is 0 Å². The molecule has 1 aromatic carbocycles. The van der Waals surface area contributed by atoms with Crippen molar-refractivity contribution in [3.05, 3.63) is 27.8 Å². The van der Waals surface area contributed by atoms with E-state index in [0.717, 1.165) is 41.4 Å². The molecule has 0 saturated carbocycles. The van der Waals surface area contributed by atoms with Crippen LogP contribution in [0.25, 0.3) is 0 Å². The van der Waals surface area contributed by atoms with E-state index in [9.17, 15) is 0 Å². The summed E-state index contributed by atoms with van der Waals surface area (Å²) in [4.78, 5) is 2.48. The van der Waals surface area contributed by atoms with Crippen molar-refractivity contribution >= 4 is 23.2 Å². The Bertz CT molecular complexity index is 517. The smallest absolute Gasteiger partial charge is 0.126 e. The zero-order chi connectivity index (χ0) is 15.8. The Morgan fingerprint density at radius 1 is 1.33 bits per heavy atom. The maximum absolute atomic E-state index is 6.42. The van der Waals surface area contributed by atoms with E-state index in [2.05, 4.69) is 32.6 Å². The van der Waals surface area contributed by atoms with Crippen molar-refractivity contribution in [2.45, 2.75) is 45.6 Å². The van der Waals surface area contributed by atoms with E-state index in [1.165, 1.54) is 5.56 Å². The number of alkyl halides is 1. The SMILES string of the molecule is COc1c(CCCl)cc(Cl)c(C)c1C1CN(C(C)(C)C)C1. The maximum atomic E-state index is 6.42. The maximum Gasteiger partial charge on any atom is 0.126 e. The fourth-order valence-corrected chi connectivity index (χ4v) is 3.46. The van der Waals surface area contributed by atoms with Crippen LogP contribution in [0.4, 0.5) is 0 Å². The molecule has 118 valence electrons. The highest BCUT2D eigenvalue weighted by molar-refractivity contribution is 6.31. The fraction of sp³-hybridized carbons (Fsp3) is 0.647. The van der Waals surface area contributed by atoms with Gasteiger partial charge in [-0.15, -0.1) is 11.6 Å². The summed E-state index contributed by atoms with van der Waals surface area (Å²) in [6, 6.07) is 2.00. The van der Waals surface area contributed by atoms with E-state index in [4.69, 9.17) is 27.9 Å². The lowest BCUT2D eigenvalue weighted by Gasteiger charge is -2.48. The Kier molecular flexibility index (Phi) is 5.12. The number of rotatable bonds is 4. The average molecular weight is 330 g/mol. The van der Waals surface area contributed by atoms with E-state index in [1.54, 1.807) is 7.11 Å². The quantitative estimate of drug-likeness (QED) is 0.746. The molecule has 2 rings (SSSR count). The van der Waals surface area contributed by atoms with Gasteiger partial charge in [-0.1, -0.05) is 11.6 Å². The molecule has 0 radical (unpaired) electrons. The van der Waals surface area contributed by atoms with Gasteiger partial charge in [0.2, 0.25) is 0 Å². The monoisotopic (exact) mass is 329 g/mol. The van der Waals surface area contributed by atoms with E-state index >= 15 is 0 Å². The molecule has 1 aromatic rings. The molecule has 0 aromatic heterocycles. The van der Waals surface area contributed by atoms with Gasteiger partial charge in [-0.05, 0) is 51.3 Å². The first-order valence-electron chi connectivity index (χ1n) is 7.46. The number of ether oxygens (including phenoxy) is 1. The Morgan fingerprint density at radius 2 is 1.95 bits per heavy atom. The highest BCUT2D eigenvalue weighted by atomic mass is 35.5. The summed E-state index contributed by atoms with van der Waals surface area (Å²) in [6.45, 7) is 11.0. The standard InChI is InChI=1S/C17H25Cl2NO/c1-11-14(19)8-12(6-7-18)16(21-5)15(11)13-9-20(10-13)17(2,3)4/h8,13H,6-7,9-10H2,1-5H3. The van der Waals surface area contributed by atoms with Crippen LogP contribution in [0.1, 0.15) is 43.4 Å². The van der Waals surface area contributed by atoms with Gasteiger partial charge in [-0.2, -0.15) is 0 Å². The van der Waals surface area contributed by atoms with Crippen LogP contribution in [-0.4, -0.2) is 36.5 Å². The molecule has 0 amide bonds. The molecule has 1 heterocycles. The van der Waals surface area contributed by atoms with Gasteiger partial charge < -0.3 is 4.74 Å². The van der Waals surface area contributed by atoms with Crippen LogP contribution >= 0.6 is 23.2 Å². The van der Waals surface area contributed by atoms with Crippen molar-refractivity contribution in [3.63, 3.8) is 0 Å². The van der Waals surface area contributed by atoms with Crippen LogP contribution in [0.2, 0.25) is 5.02 Å². The topological polar surface area (TPSA) is 12.5 Å². The third-order valence-electron chi connectivity index (χ3n) is 4.41. The number of halogens is 2.